The Morgan fingerprint density at radius 1 is 1.13 bits per heavy atom. The van der Waals surface area contributed by atoms with Crippen LogP contribution in [0.15, 0.2) is 42.5 Å². The molecule has 4 rings (SSSR count). The van der Waals surface area contributed by atoms with Crippen molar-refractivity contribution in [3.8, 4) is 0 Å². The smallest absolute Gasteiger partial charge is 0.0542 e. The van der Waals surface area contributed by atoms with E-state index in [1.54, 1.807) is 0 Å². The van der Waals surface area contributed by atoms with Crippen LogP contribution in [0.2, 0.25) is 5.02 Å². The molecule has 23 heavy (non-hydrogen) atoms. The minimum absolute atomic E-state index is 0.100. The van der Waals surface area contributed by atoms with Crippen molar-refractivity contribution in [3.63, 3.8) is 0 Å². The predicted molar refractivity (Wildman–Crippen MR) is 98.5 cm³/mol. The van der Waals surface area contributed by atoms with E-state index in [9.17, 15) is 0 Å². The minimum Gasteiger partial charge on any atom is -0.382 e. The highest BCUT2D eigenvalue weighted by molar-refractivity contribution is 6.30. The lowest BCUT2D eigenvalue weighted by molar-refractivity contribution is 0.427. The molecule has 2 aromatic carbocycles. The van der Waals surface area contributed by atoms with Crippen molar-refractivity contribution in [2.24, 2.45) is 0 Å². The fourth-order valence-electron chi connectivity index (χ4n) is 3.63. The molecule has 0 spiro atoms. The third-order valence-corrected chi connectivity index (χ3v) is 5.26. The normalized spacial score (nSPS) is 22.1. The van der Waals surface area contributed by atoms with Gasteiger partial charge in [0.15, 0.2) is 0 Å². The molecule has 1 atom stereocenters. The average molecular weight is 327 g/mol. The Morgan fingerprint density at radius 2 is 1.91 bits per heavy atom. The number of rotatable bonds is 3. The number of benzene rings is 2. The standard InChI is InChI=1S/C20H23ClN2/c1-20(2)12-19(23-18-10-7-13(21)11-16(18)20)15-5-3-4-6-17(15)22-14-8-9-14/h3-7,10-11,14,19,22-23H,8-9,12H2,1-2H3. The average Bonchev–Trinajstić information content (AvgIpc) is 3.32. The van der Waals surface area contributed by atoms with Crippen molar-refractivity contribution in [2.75, 3.05) is 10.6 Å². The molecule has 1 aliphatic heterocycles. The fourth-order valence-corrected chi connectivity index (χ4v) is 3.80. The van der Waals surface area contributed by atoms with E-state index < -0.39 is 0 Å². The molecule has 2 nitrogen and oxygen atoms in total. The maximum Gasteiger partial charge on any atom is 0.0542 e. The van der Waals surface area contributed by atoms with E-state index in [-0.39, 0.29) is 5.41 Å². The first-order valence-electron chi connectivity index (χ1n) is 8.45. The SMILES string of the molecule is CC1(C)CC(c2ccccc2NC2CC2)Nc2ccc(Cl)cc21. The second-order valence-corrected chi connectivity index (χ2v) is 7.92. The highest BCUT2D eigenvalue weighted by Crippen LogP contribution is 2.46. The molecule has 1 heterocycles. The molecule has 3 heteroatoms. The van der Waals surface area contributed by atoms with Gasteiger partial charge in [0.05, 0.1) is 6.04 Å². The third kappa shape index (κ3) is 2.92. The van der Waals surface area contributed by atoms with Crippen LogP contribution in [0.25, 0.3) is 0 Å². The van der Waals surface area contributed by atoms with Crippen molar-refractivity contribution >= 4 is 23.0 Å². The van der Waals surface area contributed by atoms with Crippen molar-refractivity contribution in [1.29, 1.82) is 0 Å². The first-order chi connectivity index (χ1) is 11.0. The van der Waals surface area contributed by atoms with Crippen molar-refractivity contribution in [3.05, 3.63) is 58.6 Å². The van der Waals surface area contributed by atoms with E-state index in [0.717, 1.165) is 11.4 Å². The van der Waals surface area contributed by atoms with Crippen LogP contribution >= 0.6 is 11.6 Å². The molecule has 1 fully saturated rings. The maximum atomic E-state index is 6.21. The number of anilines is 2. The largest absolute Gasteiger partial charge is 0.382 e. The molecule has 0 amide bonds. The molecular formula is C20H23ClN2. The third-order valence-electron chi connectivity index (χ3n) is 5.03. The quantitative estimate of drug-likeness (QED) is 0.750. The van der Waals surface area contributed by atoms with Gasteiger partial charge in [-0.15, -0.1) is 0 Å². The zero-order chi connectivity index (χ0) is 16.0. The molecule has 2 aromatic rings. The van der Waals surface area contributed by atoms with Crippen LogP contribution in [0.5, 0.6) is 0 Å². The van der Waals surface area contributed by atoms with Gasteiger partial charge in [0.1, 0.15) is 0 Å². The lowest BCUT2D eigenvalue weighted by Crippen LogP contribution is -2.31. The zero-order valence-electron chi connectivity index (χ0n) is 13.7. The van der Waals surface area contributed by atoms with Gasteiger partial charge in [0, 0.05) is 22.4 Å². The Balaban J connectivity index is 1.70. The molecule has 1 unspecified atom stereocenters. The summed E-state index contributed by atoms with van der Waals surface area (Å²) in [6, 6.07) is 15.9. The van der Waals surface area contributed by atoms with Gasteiger partial charge < -0.3 is 10.6 Å². The molecule has 1 aliphatic carbocycles. The first-order valence-corrected chi connectivity index (χ1v) is 8.83. The van der Waals surface area contributed by atoms with Crippen LogP contribution in [-0.4, -0.2) is 6.04 Å². The molecule has 1 saturated carbocycles. The van der Waals surface area contributed by atoms with Crippen LogP contribution in [0.4, 0.5) is 11.4 Å². The number of halogens is 1. The molecule has 0 bridgehead atoms. The lowest BCUT2D eigenvalue weighted by atomic mass is 9.74. The van der Waals surface area contributed by atoms with Gasteiger partial charge in [0.2, 0.25) is 0 Å². The summed E-state index contributed by atoms with van der Waals surface area (Å²) in [6.45, 7) is 4.62. The highest BCUT2D eigenvalue weighted by Gasteiger charge is 2.34. The lowest BCUT2D eigenvalue weighted by Gasteiger charge is -2.39. The van der Waals surface area contributed by atoms with E-state index in [1.807, 2.05) is 6.07 Å². The second-order valence-electron chi connectivity index (χ2n) is 7.48. The van der Waals surface area contributed by atoms with Gasteiger partial charge in [-0.3, -0.25) is 0 Å². The van der Waals surface area contributed by atoms with Gasteiger partial charge in [0.25, 0.3) is 0 Å². The summed E-state index contributed by atoms with van der Waals surface area (Å²) in [7, 11) is 0. The topological polar surface area (TPSA) is 24.1 Å². The van der Waals surface area contributed by atoms with Crippen molar-refractivity contribution in [2.45, 2.75) is 50.6 Å². The number of fused-ring (bicyclic) bond motifs is 1. The summed E-state index contributed by atoms with van der Waals surface area (Å²) in [5.74, 6) is 0. The number of nitrogens with one attached hydrogen (secondary N) is 2. The van der Waals surface area contributed by atoms with Crippen LogP contribution in [0.3, 0.4) is 0 Å². The van der Waals surface area contributed by atoms with Gasteiger partial charge >= 0.3 is 0 Å². The summed E-state index contributed by atoms with van der Waals surface area (Å²) in [5.41, 5.74) is 5.27. The summed E-state index contributed by atoms with van der Waals surface area (Å²) in [5, 5.41) is 8.23. The van der Waals surface area contributed by atoms with E-state index >= 15 is 0 Å². The van der Waals surface area contributed by atoms with Crippen LogP contribution in [-0.2, 0) is 5.41 Å². The van der Waals surface area contributed by atoms with E-state index in [1.165, 1.54) is 35.3 Å². The van der Waals surface area contributed by atoms with Gasteiger partial charge in [-0.05, 0) is 60.1 Å². The minimum atomic E-state index is 0.100. The van der Waals surface area contributed by atoms with Crippen molar-refractivity contribution < 1.29 is 0 Å². The molecule has 2 N–H and O–H groups in total. The Kier molecular flexibility index (Phi) is 3.53. The van der Waals surface area contributed by atoms with E-state index in [4.69, 9.17) is 11.6 Å². The Hall–Kier alpha value is -1.67. The summed E-state index contributed by atoms with van der Waals surface area (Å²) >= 11 is 6.21. The Labute approximate surface area is 143 Å². The monoisotopic (exact) mass is 326 g/mol. The molecule has 2 aliphatic rings. The molecular weight excluding hydrogens is 304 g/mol. The van der Waals surface area contributed by atoms with Crippen LogP contribution in [0, 0.1) is 0 Å². The molecule has 0 radical (unpaired) electrons. The van der Waals surface area contributed by atoms with Crippen molar-refractivity contribution in [1.82, 2.24) is 0 Å². The zero-order valence-corrected chi connectivity index (χ0v) is 14.5. The fraction of sp³-hybridized carbons (Fsp3) is 0.400. The van der Waals surface area contributed by atoms with Gasteiger partial charge in [-0.2, -0.15) is 0 Å². The predicted octanol–water partition coefficient (Wildman–Crippen LogP) is 5.75. The Bertz CT molecular complexity index is 734. The summed E-state index contributed by atoms with van der Waals surface area (Å²) < 4.78 is 0. The Morgan fingerprint density at radius 3 is 2.70 bits per heavy atom. The van der Waals surface area contributed by atoms with Crippen LogP contribution < -0.4 is 10.6 Å². The van der Waals surface area contributed by atoms with Crippen LogP contribution in [0.1, 0.15) is 50.3 Å². The number of hydrogen-bond acceptors (Lipinski definition) is 2. The maximum absolute atomic E-state index is 6.21. The first kappa shape index (κ1) is 14.9. The summed E-state index contributed by atoms with van der Waals surface area (Å²) in [4.78, 5) is 0. The number of hydrogen-bond donors (Lipinski definition) is 2. The highest BCUT2D eigenvalue weighted by atomic mass is 35.5. The van der Waals surface area contributed by atoms with E-state index in [0.29, 0.717) is 12.1 Å². The molecule has 0 aromatic heterocycles. The molecule has 0 saturated heterocycles. The number of para-hydroxylation sites is 1. The second kappa shape index (κ2) is 5.45. The van der Waals surface area contributed by atoms with E-state index in [2.05, 4.69) is 60.9 Å². The summed E-state index contributed by atoms with van der Waals surface area (Å²) in [6.07, 6.45) is 3.64. The van der Waals surface area contributed by atoms with Gasteiger partial charge in [-0.1, -0.05) is 43.6 Å². The molecule has 120 valence electrons. The van der Waals surface area contributed by atoms with Gasteiger partial charge in [-0.25, -0.2) is 0 Å².